The summed E-state index contributed by atoms with van der Waals surface area (Å²) >= 11 is 0. The second kappa shape index (κ2) is 4.63. The van der Waals surface area contributed by atoms with E-state index < -0.39 is 0 Å². The monoisotopic (exact) mass is 198 g/mol. The van der Waals surface area contributed by atoms with Gasteiger partial charge in [-0.15, -0.1) is 0 Å². The predicted octanol–water partition coefficient (Wildman–Crippen LogP) is 2.23. The molecular formula is C12H26N2. The van der Waals surface area contributed by atoms with Crippen molar-refractivity contribution in [3.8, 4) is 0 Å². The molecule has 1 saturated carbocycles. The molecule has 0 heterocycles. The molecular weight excluding hydrogens is 172 g/mol. The Morgan fingerprint density at radius 2 is 1.86 bits per heavy atom. The first kappa shape index (κ1) is 12.0. The summed E-state index contributed by atoms with van der Waals surface area (Å²) < 4.78 is 0. The van der Waals surface area contributed by atoms with Gasteiger partial charge < -0.3 is 10.6 Å². The second-order valence-electron chi connectivity index (χ2n) is 5.81. The van der Waals surface area contributed by atoms with E-state index in [1.54, 1.807) is 0 Å². The van der Waals surface area contributed by atoms with Crippen LogP contribution in [-0.4, -0.2) is 30.6 Å². The van der Waals surface area contributed by atoms with Crippen molar-refractivity contribution in [3.63, 3.8) is 0 Å². The van der Waals surface area contributed by atoms with E-state index in [0.717, 1.165) is 12.6 Å². The molecule has 14 heavy (non-hydrogen) atoms. The van der Waals surface area contributed by atoms with E-state index in [1.807, 2.05) is 0 Å². The molecule has 1 rings (SSSR count). The van der Waals surface area contributed by atoms with Gasteiger partial charge in [0, 0.05) is 18.6 Å². The maximum absolute atomic E-state index is 5.81. The largest absolute Gasteiger partial charge is 0.327 e. The number of nitrogens with two attached hydrogens (primary N) is 1. The molecule has 1 aliphatic carbocycles. The van der Waals surface area contributed by atoms with Crippen LogP contribution >= 0.6 is 0 Å². The standard InChI is InChI=1S/C12H26N2/c1-10(13)9-14(4)11-5-7-12(2,3)8-6-11/h10-11H,5-9,13H2,1-4H3/t10-/m1/s1. The van der Waals surface area contributed by atoms with Crippen LogP contribution in [0.25, 0.3) is 0 Å². The van der Waals surface area contributed by atoms with Crippen molar-refractivity contribution in [2.45, 2.75) is 58.5 Å². The van der Waals surface area contributed by atoms with Crippen molar-refractivity contribution in [2.75, 3.05) is 13.6 Å². The molecule has 1 aliphatic rings. The quantitative estimate of drug-likeness (QED) is 0.753. The van der Waals surface area contributed by atoms with E-state index in [2.05, 4.69) is 32.7 Å². The van der Waals surface area contributed by atoms with E-state index >= 15 is 0 Å². The third-order valence-corrected chi connectivity index (χ3v) is 3.51. The van der Waals surface area contributed by atoms with Crippen molar-refractivity contribution < 1.29 is 0 Å². The zero-order chi connectivity index (χ0) is 10.8. The fourth-order valence-corrected chi connectivity index (χ4v) is 2.43. The highest BCUT2D eigenvalue weighted by Gasteiger charge is 2.28. The number of likely N-dealkylation sites (N-methyl/N-ethyl adjacent to an activating group) is 1. The van der Waals surface area contributed by atoms with Gasteiger partial charge in [0.25, 0.3) is 0 Å². The zero-order valence-corrected chi connectivity index (χ0v) is 10.2. The van der Waals surface area contributed by atoms with Gasteiger partial charge in [-0.05, 0) is 45.1 Å². The summed E-state index contributed by atoms with van der Waals surface area (Å²) in [7, 11) is 2.21. The van der Waals surface area contributed by atoms with E-state index in [4.69, 9.17) is 5.73 Å². The molecule has 1 fully saturated rings. The maximum atomic E-state index is 5.81. The lowest BCUT2D eigenvalue weighted by molar-refractivity contribution is 0.124. The van der Waals surface area contributed by atoms with Gasteiger partial charge >= 0.3 is 0 Å². The van der Waals surface area contributed by atoms with Crippen LogP contribution in [-0.2, 0) is 0 Å². The van der Waals surface area contributed by atoms with Crippen molar-refractivity contribution in [3.05, 3.63) is 0 Å². The Labute approximate surface area is 88.8 Å². The lowest BCUT2D eigenvalue weighted by Gasteiger charge is -2.39. The maximum Gasteiger partial charge on any atom is 0.0139 e. The number of nitrogens with zero attached hydrogens (tertiary/aromatic N) is 1. The fraction of sp³-hybridized carbons (Fsp3) is 1.00. The molecule has 0 aromatic rings. The molecule has 0 bridgehead atoms. The first-order valence-electron chi connectivity index (χ1n) is 5.86. The molecule has 0 unspecified atom stereocenters. The molecule has 2 nitrogen and oxygen atoms in total. The summed E-state index contributed by atoms with van der Waals surface area (Å²) in [4.78, 5) is 2.44. The SMILES string of the molecule is C[C@@H](N)CN(C)C1CCC(C)(C)CC1. The minimum Gasteiger partial charge on any atom is -0.327 e. The van der Waals surface area contributed by atoms with Gasteiger partial charge in [-0.3, -0.25) is 0 Å². The summed E-state index contributed by atoms with van der Waals surface area (Å²) in [6, 6.07) is 1.07. The average Bonchev–Trinajstić information content (AvgIpc) is 2.02. The predicted molar refractivity (Wildman–Crippen MR) is 62.3 cm³/mol. The van der Waals surface area contributed by atoms with Crippen LogP contribution in [0.5, 0.6) is 0 Å². The number of rotatable bonds is 3. The summed E-state index contributed by atoms with van der Waals surface area (Å²) in [6.45, 7) is 7.89. The summed E-state index contributed by atoms with van der Waals surface area (Å²) in [5, 5.41) is 0. The lowest BCUT2D eigenvalue weighted by atomic mass is 9.75. The van der Waals surface area contributed by atoms with Crippen LogP contribution in [0.15, 0.2) is 0 Å². The van der Waals surface area contributed by atoms with Crippen molar-refractivity contribution in [1.82, 2.24) is 4.90 Å². The summed E-state index contributed by atoms with van der Waals surface area (Å²) in [5.74, 6) is 0. The van der Waals surface area contributed by atoms with Gasteiger partial charge in [0.05, 0.1) is 0 Å². The van der Waals surface area contributed by atoms with Gasteiger partial charge in [0.2, 0.25) is 0 Å². The van der Waals surface area contributed by atoms with Gasteiger partial charge in [-0.2, -0.15) is 0 Å². The van der Waals surface area contributed by atoms with Gasteiger partial charge in [-0.25, -0.2) is 0 Å². The van der Waals surface area contributed by atoms with Crippen LogP contribution in [0.1, 0.15) is 46.5 Å². The van der Waals surface area contributed by atoms with E-state index in [9.17, 15) is 0 Å². The minimum atomic E-state index is 0.301. The first-order chi connectivity index (χ1) is 6.41. The van der Waals surface area contributed by atoms with Gasteiger partial charge in [0.1, 0.15) is 0 Å². The minimum absolute atomic E-state index is 0.301. The molecule has 2 N–H and O–H groups in total. The van der Waals surface area contributed by atoms with E-state index in [1.165, 1.54) is 25.7 Å². The van der Waals surface area contributed by atoms with Crippen LogP contribution in [0.3, 0.4) is 0 Å². The Kier molecular flexibility index (Phi) is 3.96. The third kappa shape index (κ3) is 3.58. The summed E-state index contributed by atoms with van der Waals surface area (Å²) in [5.41, 5.74) is 6.39. The topological polar surface area (TPSA) is 29.3 Å². The highest BCUT2D eigenvalue weighted by Crippen LogP contribution is 2.36. The summed E-state index contributed by atoms with van der Waals surface area (Å²) in [6.07, 6.45) is 5.41. The third-order valence-electron chi connectivity index (χ3n) is 3.51. The second-order valence-corrected chi connectivity index (χ2v) is 5.81. The molecule has 0 saturated heterocycles. The molecule has 0 radical (unpaired) electrons. The Bertz CT molecular complexity index is 165. The van der Waals surface area contributed by atoms with Gasteiger partial charge in [-0.1, -0.05) is 13.8 Å². The molecule has 0 amide bonds. The molecule has 0 spiro atoms. The molecule has 0 aromatic carbocycles. The highest BCUT2D eigenvalue weighted by atomic mass is 15.1. The van der Waals surface area contributed by atoms with Crippen molar-refractivity contribution >= 4 is 0 Å². The Hall–Kier alpha value is -0.0800. The zero-order valence-electron chi connectivity index (χ0n) is 10.2. The van der Waals surface area contributed by atoms with Crippen molar-refractivity contribution in [1.29, 1.82) is 0 Å². The fourth-order valence-electron chi connectivity index (χ4n) is 2.43. The Morgan fingerprint density at radius 3 is 2.29 bits per heavy atom. The van der Waals surface area contributed by atoms with Crippen molar-refractivity contribution in [2.24, 2.45) is 11.1 Å². The van der Waals surface area contributed by atoms with Crippen LogP contribution in [0.4, 0.5) is 0 Å². The Morgan fingerprint density at radius 1 is 1.36 bits per heavy atom. The lowest BCUT2D eigenvalue weighted by Crippen LogP contribution is -2.42. The average molecular weight is 198 g/mol. The van der Waals surface area contributed by atoms with E-state index in [-0.39, 0.29) is 0 Å². The number of hydrogen-bond acceptors (Lipinski definition) is 2. The Balaban J connectivity index is 2.34. The smallest absolute Gasteiger partial charge is 0.0139 e. The van der Waals surface area contributed by atoms with Gasteiger partial charge in [0.15, 0.2) is 0 Å². The first-order valence-corrected chi connectivity index (χ1v) is 5.86. The molecule has 0 aromatic heterocycles. The molecule has 1 atom stereocenters. The molecule has 84 valence electrons. The normalized spacial score (nSPS) is 25.3. The van der Waals surface area contributed by atoms with Crippen LogP contribution in [0, 0.1) is 5.41 Å². The number of hydrogen-bond donors (Lipinski definition) is 1. The molecule has 0 aliphatic heterocycles. The highest BCUT2D eigenvalue weighted by molar-refractivity contribution is 4.83. The van der Waals surface area contributed by atoms with Crippen LogP contribution in [0.2, 0.25) is 0 Å². The molecule has 2 heteroatoms. The van der Waals surface area contributed by atoms with E-state index in [0.29, 0.717) is 11.5 Å². The van der Waals surface area contributed by atoms with Crippen LogP contribution < -0.4 is 5.73 Å².